The van der Waals surface area contributed by atoms with E-state index in [1.807, 2.05) is 24.3 Å². The second-order valence-corrected chi connectivity index (χ2v) is 4.64. The van der Waals surface area contributed by atoms with E-state index in [0.717, 1.165) is 16.5 Å². The quantitative estimate of drug-likeness (QED) is 0.640. The van der Waals surface area contributed by atoms with Crippen molar-refractivity contribution in [2.24, 2.45) is 0 Å². The highest BCUT2D eigenvalue weighted by Gasteiger charge is 2.11. The van der Waals surface area contributed by atoms with Crippen LogP contribution in [0.2, 0.25) is 0 Å². The molecule has 0 saturated heterocycles. The molecule has 0 saturated carbocycles. The molecule has 0 unspecified atom stereocenters. The number of nitrogens with one attached hydrogen (secondary N) is 1. The number of carboxylic acids is 1. The van der Waals surface area contributed by atoms with E-state index in [4.69, 9.17) is 5.73 Å². The second kappa shape index (κ2) is 5.13. The molecule has 0 fully saturated rings. The van der Waals surface area contributed by atoms with E-state index >= 15 is 0 Å². The van der Waals surface area contributed by atoms with Gasteiger partial charge in [0, 0.05) is 34.5 Å². The van der Waals surface area contributed by atoms with Gasteiger partial charge in [0.15, 0.2) is 0 Å². The van der Waals surface area contributed by atoms with Crippen molar-refractivity contribution in [2.45, 2.75) is 0 Å². The van der Waals surface area contributed by atoms with Crippen molar-refractivity contribution in [1.29, 1.82) is 0 Å². The number of hydrogen-bond acceptors (Lipinski definition) is 4. The standard InChI is InChI=1S/C16H13N3O2/c17-11-4-5-13(16(20)21)15(8-11)19-14-3-1-2-10-9-18-7-6-12(10)14/h1-9,19H,17H2,(H,20,21). The Morgan fingerprint density at radius 3 is 2.81 bits per heavy atom. The number of nitrogens with zero attached hydrogens (tertiary/aromatic N) is 1. The monoisotopic (exact) mass is 279 g/mol. The first-order valence-corrected chi connectivity index (χ1v) is 6.38. The number of aromatic nitrogens is 1. The molecule has 0 spiro atoms. The van der Waals surface area contributed by atoms with Crippen molar-refractivity contribution in [1.82, 2.24) is 4.98 Å². The molecule has 0 aliphatic rings. The van der Waals surface area contributed by atoms with Crippen LogP contribution in [0.3, 0.4) is 0 Å². The van der Waals surface area contributed by atoms with E-state index in [1.165, 1.54) is 6.07 Å². The van der Waals surface area contributed by atoms with Gasteiger partial charge < -0.3 is 16.2 Å². The number of nitrogen functional groups attached to an aromatic ring is 1. The van der Waals surface area contributed by atoms with Gasteiger partial charge in [0.25, 0.3) is 0 Å². The number of hydrogen-bond donors (Lipinski definition) is 3. The molecule has 0 radical (unpaired) electrons. The molecule has 5 heteroatoms. The van der Waals surface area contributed by atoms with Crippen molar-refractivity contribution < 1.29 is 9.90 Å². The third-order valence-electron chi connectivity index (χ3n) is 3.22. The number of nitrogens with two attached hydrogens (primary N) is 1. The lowest BCUT2D eigenvalue weighted by atomic mass is 10.1. The smallest absolute Gasteiger partial charge is 0.337 e. The van der Waals surface area contributed by atoms with Crippen LogP contribution in [-0.2, 0) is 0 Å². The lowest BCUT2D eigenvalue weighted by molar-refractivity contribution is 0.0698. The van der Waals surface area contributed by atoms with Crippen LogP contribution >= 0.6 is 0 Å². The number of pyridine rings is 1. The van der Waals surface area contributed by atoms with Crippen LogP contribution in [0.5, 0.6) is 0 Å². The van der Waals surface area contributed by atoms with E-state index in [1.54, 1.807) is 24.5 Å². The van der Waals surface area contributed by atoms with Crippen LogP contribution in [0.4, 0.5) is 17.1 Å². The normalized spacial score (nSPS) is 10.5. The van der Waals surface area contributed by atoms with Gasteiger partial charge >= 0.3 is 5.97 Å². The SMILES string of the molecule is Nc1ccc(C(=O)O)c(Nc2cccc3cnccc23)c1. The highest BCUT2D eigenvalue weighted by Crippen LogP contribution is 2.28. The molecule has 21 heavy (non-hydrogen) atoms. The highest BCUT2D eigenvalue weighted by molar-refractivity contribution is 5.99. The summed E-state index contributed by atoms with van der Waals surface area (Å²) in [5.74, 6) is -1.00. The number of rotatable bonds is 3. The summed E-state index contributed by atoms with van der Waals surface area (Å²) in [6, 6.07) is 12.3. The maximum absolute atomic E-state index is 11.3. The minimum Gasteiger partial charge on any atom is -0.478 e. The van der Waals surface area contributed by atoms with E-state index in [-0.39, 0.29) is 5.56 Å². The predicted molar refractivity (Wildman–Crippen MR) is 82.8 cm³/mol. The molecule has 0 aliphatic heterocycles. The van der Waals surface area contributed by atoms with E-state index in [9.17, 15) is 9.90 Å². The third-order valence-corrected chi connectivity index (χ3v) is 3.22. The molecule has 4 N–H and O–H groups in total. The minimum absolute atomic E-state index is 0.176. The fourth-order valence-corrected chi connectivity index (χ4v) is 2.23. The zero-order chi connectivity index (χ0) is 14.8. The van der Waals surface area contributed by atoms with Crippen molar-refractivity contribution in [3.63, 3.8) is 0 Å². The first kappa shape index (κ1) is 12.9. The van der Waals surface area contributed by atoms with Crippen LogP contribution in [0.15, 0.2) is 54.9 Å². The second-order valence-electron chi connectivity index (χ2n) is 4.64. The molecule has 0 atom stereocenters. The van der Waals surface area contributed by atoms with Crippen LogP contribution in [-0.4, -0.2) is 16.1 Å². The summed E-state index contributed by atoms with van der Waals surface area (Å²) >= 11 is 0. The first-order valence-electron chi connectivity index (χ1n) is 6.38. The fourth-order valence-electron chi connectivity index (χ4n) is 2.23. The summed E-state index contributed by atoms with van der Waals surface area (Å²) in [4.78, 5) is 15.4. The van der Waals surface area contributed by atoms with Crippen molar-refractivity contribution in [2.75, 3.05) is 11.1 Å². The Morgan fingerprint density at radius 2 is 2.00 bits per heavy atom. The summed E-state index contributed by atoms with van der Waals surface area (Å²) in [5.41, 5.74) is 7.70. The molecule has 2 aromatic carbocycles. The number of fused-ring (bicyclic) bond motifs is 1. The van der Waals surface area contributed by atoms with Gasteiger partial charge in [-0.2, -0.15) is 0 Å². The summed E-state index contributed by atoms with van der Waals surface area (Å²) in [7, 11) is 0. The Morgan fingerprint density at radius 1 is 1.14 bits per heavy atom. The molecule has 1 heterocycles. The van der Waals surface area contributed by atoms with Gasteiger partial charge in [0.1, 0.15) is 0 Å². The molecular formula is C16H13N3O2. The number of anilines is 3. The molecule has 5 nitrogen and oxygen atoms in total. The largest absolute Gasteiger partial charge is 0.478 e. The van der Waals surface area contributed by atoms with E-state index < -0.39 is 5.97 Å². The van der Waals surface area contributed by atoms with Crippen molar-refractivity contribution >= 4 is 33.8 Å². The average Bonchev–Trinajstić information content (AvgIpc) is 2.47. The highest BCUT2D eigenvalue weighted by atomic mass is 16.4. The van der Waals surface area contributed by atoms with Gasteiger partial charge in [0.05, 0.1) is 11.3 Å². The van der Waals surface area contributed by atoms with Gasteiger partial charge in [-0.1, -0.05) is 12.1 Å². The van der Waals surface area contributed by atoms with Gasteiger partial charge in [-0.25, -0.2) is 4.79 Å². The molecule has 0 bridgehead atoms. The van der Waals surface area contributed by atoms with E-state index in [0.29, 0.717) is 11.4 Å². The zero-order valence-electron chi connectivity index (χ0n) is 11.1. The predicted octanol–water partition coefficient (Wildman–Crippen LogP) is 3.26. The molecule has 104 valence electrons. The maximum Gasteiger partial charge on any atom is 0.337 e. The summed E-state index contributed by atoms with van der Waals surface area (Å²) in [6.07, 6.45) is 3.46. The number of carboxylic acid groups (broad SMARTS) is 1. The van der Waals surface area contributed by atoms with Gasteiger partial charge in [-0.3, -0.25) is 4.98 Å². The molecular weight excluding hydrogens is 266 g/mol. The zero-order valence-corrected chi connectivity index (χ0v) is 11.1. The number of aromatic carboxylic acids is 1. The Labute approximate surface area is 121 Å². The summed E-state index contributed by atoms with van der Waals surface area (Å²) in [5, 5.41) is 14.3. The Kier molecular flexibility index (Phi) is 3.16. The Balaban J connectivity index is 2.11. The van der Waals surface area contributed by atoms with E-state index in [2.05, 4.69) is 10.3 Å². The molecule has 0 aliphatic carbocycles. The number of benzene rings is 2. The third kappa shape index (κ3) is 2.49. The molecule has 3 rings (SSSR count). The van der Waals surface area contributed by atoms with Crippen molar-refractivity contribution in [3.05, 3.63) is 60.4 Å². The Hall–Kier alpha value is -3.08. The lowest BCUT2D eigenvalue weighted by Gasteiger charge is -2.12. The molecule has 3 aromatic rings. The van der Waals surface area contributed by atoms with Crippen molar-refractivity contribution in [3.8, 4) is 0 Å². The van der Waals surface area contributed by atoms with Gasteiger partial charge in [0.2, 0.25) is 0 Å². The fraction of sp³-hybridized carbons (Fsp3) is 0. The van der Waals surface area contributed by atoms with Gasteiger partial charge in [-0.05, 0) is 30.3 Å². The minimum atomic E-state index is -1.00. The van der Waals surface area contributed by atoms with Crippen LogP contribution in [0.1, 0.15) is 10.4 Å². The summed E-state index contributed by atoms with van der Waals surface area (Å²) < 4.78 is 0. The maximum atomic E-state index is 11.3. The van der Waals surface area contributed by atoms with Crippen LogP contribution < -0.4 is 11.1 Å². The molecule has 0 amide bonds. The van der Waals surface area contributed by atoms with Crippen LogP contribution in [0.25, 0.3) is 10.8 Å². The van der Waals surface area contributed by atoms with Crippen LogP contribution in [0, 0.1) is 0 Å². The van der Waals surface area contributed by atoms with Gasteiger partial charge in [-0.15, -0.1) is 0 Å². The molecule has 1 aromatic heterocycles. The Bertz CT molecular complexity index is 825. The first-order chi connectivity index (χ1) is 10.1. The summed E-state index contributed by atoms with van der Waals surface area (Å²) in [6.45, 7) is 0. The number of carbonyl (C=O) groups is 1. The average molecular weight is 279 g/mol. The lowest BCUT2D eigenvalue weighted by Crippen LogP contribution is -2.04. The topological polar surface area (TPSA) is 88.2 Å².